The predicted octanol–water partition coefficient (Wildman–Crippen LogP) is 7.04. The summed E-state index contributed by atoms with van der Waals surface area (Å²) in [4.78, 5) is 12.7. The van der Waals surface area contributed by atoms with E-state index in [2.05, 4.69) is 52.4 Å². The van der Waals surface area contributed by atoms with Gasteiger partial charge in [0.1, 0.15) is 24.0 Å². The number of hydrogen-bond acceptors (Lipinski definition) is 3. The van der Waals surface area contributed by atoms with E-state index in [1.165, 1.54) is 0 Å². The van der Waals surface area contributed by atoms with Crippen LogP contribution in [0.15, 0.2) is 95.0 Å². The van der Waals surface area contributed by atoms with E-state index < -0.39 is 5.91 Å². The quantitative estimate of drug-likeness (QED) is 0.230. The number of fused-ring (bicyclic) bond motifs is 1. The van der Waals surface area contributed by atoms with Gasteiger partial charge in [-0.25, -0.2) is 0 Å². The molecule has 0 saturated heterocycles. The fraction of sp³-hybridized carbons (Fsp3) is 0.0714. The largest absolute Gasteiger partial charge is 0.488 e. The SMILES string of the molecule is Cc1ccc2ccccc2c1COc1ccc(Br)cc1/C=C(\C#N)C(=O)Nc1ccccc1. The molecule has 1 N–H and O–H groups in total. The van der Waals surface area contributed by atoms with Crippen LogP contribution in [0, 0.1) is 18.3 Å². The summed E-state index contributed by atoms with van der Waals surface area (Å²) in [5.74, 6) is 0.116. The van der Waals surface area contributed by atoms with Gasteiger partial charge in [0.15, 0.2) is 0 Å². The van der Waals surface area contributed by atoms with Crippen LogP contribution in [0.1, 0.15) is 16.7 Å². The van der Waals surface area contributed by atoms with E-state index in [0.717, 1.165) is 26.4 Å². The van der Waals surface area contributed by atoms with Crippen LogP contribution in [0.2, 0.25) is 0 Å². The number of rotatable bonds is 6. The van der Waals surface area contributed by atoms with E-state index >= 15 is 0 Å². The number of amides is 1. The second-order valence-corrected chi connectivity index (χ2v) is 8.46. The van der Waals surface area contributed by atoms with Crippen molar-refractivity contribution in [1.82, 2.24) is 0 Å². The summed E-state index contributed by atoms with van der Waals surface area (Å²) >= 11 is 3.47. The Morgan fingerprint density at radius 3 is 2.58 bits per heavy atom. The summed E-state index contributed by atoms with van der Waals surface area (Å²) < 4.78 is 7.03. The van der Waals surface area contributed by atoms with Crippen molar-refractivity contribution in [3.63, 3.8) is 0 Å². The molecule has 0 atom stereocenters. The number of ether oxygens (including phenoxy) is 1. The van der Waals surface area contributed by atoms with Crippen LogP contribution in [0.5, 0.6) is 5.75 Å². The van der Waals surface area contributed by atoms with Crippen molar-refractivity contribution in [3.8, 4) is 11.8 Å². The van der Waals surface area contributed by atoms with Gasteiger partial charge in [-0.05, 0) is 59.7 Å². The van der Waals surface area contributed by atoms with E-state index in [1.807, 2.05) is 54.6 Å². The molecular formula is C28H21BrN2O2. The Kier molecular flexibility index (Phi) is 6.87. The Morgan fingerprint density at radius 1 is 1.03 bits per heavy atom. The first-order chi connectivity index (χ1) is 16.0. The number of benzene rings is 4. The standard InChI is InChI=1S/C28H21BrN2O2/c1-19-11-12-20-7-5-6-10-25(20)26(19)18-33-27-14-13-23(29)16-21(27)15-22(17-30)28(32)31-24-8-3-2-4-9-24/h2-16H,18H2,1H3,(H,31,32)/b22-15+. The van der Waals surface area contributed by atoms with Gasteiger partial charge in [0.05, 0.1) is 0 Å². The van der Waals surface area contributed by atoms with Crippen LogP contribution < -0.4 is 10.1 Å². The molecule has 33 heavy (non-hydrogen) atoms. The number of anilines is 1. The van der Waals surface area contributed by atoms with Gasteiger partial charge in [-0.3, -0.25) is 4.79 Å². The summed E-state index contributed by atoms with van der Waals surface area (Å²) in [6.07, 6.45) is 1.55. The molecule has 4 rings (SSSR count). The molecule has 4 aromatic rings. The van der Waals surface area contributed by atoms with Crippen LogP contribution in [0.4, 0.5) is 5.69 Å². The zero-order chi connectivity index (χ0) is 23.2. The van der Waals surface area contributed by atoms with Crippen molar-refractivity contribution in [2.24, 2.45) is 0 Å². The maximum atomic E-state index is 12.7. The molecule has 0 aliphatic carbocycles. The average molecular weight is 497 g/mol. The van der Waals surface area contributed by atoms with Gasteiger partial charge in [-0.15, -0.1) is 0 Å². The van der Waals surface area contributed by atoms with Gasteiger partial charge in [0.2, 0.25) is 0 Å². The molecule has 162 valence electrons. The summed E-state index contributed by atoms with van der Waals surface area (Å²) in [5, 5.41) is 14.7. The fourth-order valence-electron chi connectivity index (χ4n) is 3.57. The number of para-hydroxylation sites is 1. The Balaban J connectivity index is 1.62. The highest BCUT2D eigenvalue weighted by Crippen LogP contribution is 2.29. The minimum atomic E-state index is -0.473. The Morgan fingerprint density at radius 2 is 1.79 bits per heavy atom. The molecule has 0 unspecified atom stereocenters. The molecule has 4 aromatic carbocycles. The minimum absolute atomic E-state index is 0.0110. The molecule has 5 heteroatoms. The topological polar surface area (TPSA) is 62.1 Å². The fourth-order valence-corrected chi connectivity index (χ4v) is 3.95. The lowest BCUT2D eigenvalue weighted by molar-refractivity contribution is -0.112. The van der Waals surface area contributed by atoms with Crippen LogP contribution in [0.25, 0.3) is 16.8 Å². The Labute approximate surface area is 201 Å². The van der Waals surface area contributed by atoms with Crippen molar-refractivity contribution in [2.45, 2.75) is 13.5 Å². The third-order valence-electron chi connectivity index (χ3n) is 5.32. The Bertz CT molecular complexity index is 1390. The van der Waals surface area contributed by atoms with Crippen molar-refractivity contribution in [1.29, 1.82) is 5.26 Å². The molecule has 0 saturated carbocycles. The molecule has 0 radical (unpaired) electrons. The molecular weight excluding hydrogens is 476 g/mol. The third-order valence-corrected chi connectivity index (χ3v) is 5.81. The zero-order valence-corrected chi connectivity index (χ0v) is 19.6. The molecule has 4 nitrogen and oxygen atoms in total. The number of aryl methyl sites for hydroxylation is 1. The Hall–Kier alpha value is -3.88. The van der Waals surface area contributed by atoms with Gasteiger partial charge < -0.3 is 10.1 Å². The molecule has 0 spiro atoms. The number of halogens is 1. The number of nitriles is 1. The lowest BCUT2D eigenvalue weighted by atomic mass is 10.0. The average Bonchev–Trinajstić information content (AvgIpc) is 2.83. The summed E-state index contributed by atoms with van der Waals surface area (Å²) in [7, 11) is 0. The van der Waals surface area contributed by atoms with Gasteiger partial charge in [0.25, 0.3) is 5.91 Å². The maximum Gasteiger partial charge on any atom is 0.266 e. The number of nitrogens with zero attached hydrogens (tertiary/aromatic N) is 1. The summed E-state index contributed by atoms with van der Waals surface area (Å²) in [6.45, 7) is 2.43. The van der Waals surface area contributed by atoms with Gasteiger partial charge in [0, 0.05) is 21.3 Å². The van der Waals surface area contributed by atoms with E-state index in [4.69, 9.17) is 4.74 Å². The van der Waals surface area contributed by atoms with Gasteiger partial charge >= 0.3 is 0 Å². The lowest BCUT2D eigenvalue weighted by Gasteiger charge is -2.14. The van der Waals surface area contributed by atoms with Crippen molar-refractivity contribution in [2.75, 3.05) is 5.32 Å². The highest BCUT2D eigenvalue weighted by atomic mass is 79.9. The monoisotopic (exact) mass is 496 g/mol. The molecule has 0 heterocycles. The van der Waals surface area contributed by atoms with Crippen molar-refractivity contribution in [3.05, 3.63) is 112 Å². The predicted molar refractivity (Wildman–Crippen MR) is 136 cm³/mol. The number of carbonyl (C=O) groups excluding carboxylic acids is 1. The summed E-state index contributed by atoms with van der Waals surface area (Å²) in [5.41, 5.74) is 3.50. The first kappa shape index (κ1) is 22.3. The van der Waals surface area contributed by atoms with E-state index in [9.17, 15) is 10.1 Å². The third kappa shape index (κ3) is 5.31. The van der Waals surface area contributed by atoms with Crippen molar-refractivity contribution >= 4 is 44.4 Å². The van der Waals surface area contributed by atoms with Crippen LogP contribution in [-0.2, 0) is 11.4 Å². The molecule has 0 aromatic heterocycles. The zero-order valence-electron chi connectivity index (χ0n) is 18.0. The van der Waals surface area contributed by atoms with E-state index in [0.29, 0.717) is 23.6 Å². The maximum absolute atomic E-state index is 12.7. The first-order valence-corrected chi connectivity index (χ1v) is 11.2. The molecule has 0 aliphatic heterocycles. The lowest BCUT2D eigenvalue weighted by Crippen LogP contribution is -2.13. The smallest absolute Gasteiger partial charge is 0.266 e. The highest BCUT2D eigenvalue weighted by Gasteiger charge is 2.13. The van der Waals surface area contributed by atoms with Gasteiger partial charge in [-0.1, -0.05) is 70.5 Å². The number of carbonyl (C=O) groups is 1. The second-order valence-electron chi connectivity index (χ2n) is 7.54. The van der Waals surface area contributed by atoms with E-state index in [-0.39, 0.29) is 5.57 Å². The summed E-state index contributed by atoms with van der Waals surface area (Å²) in [6, 6.07) is 29.0. The second kappa shape index (κ2) is 10.2. The molecule has 1 amide bonds. The van der Waals surface area contributed by atoms with E-state index in [1.54, 1.807) is 18.2 Å². The molecule has 0 fully saturated rings. The minimum Gasteiger partial charge on any atom is -0.488 e. The van der Waals surface area contributed by atoms with Crippen LogP contribution in [0.3, 0.4) is 0 Å². The van der Waals surface area contributed by atoms with Crippen LogP contribution in [-0.4, -0.2) is 5.91 Å². The number of hydrogen-bond donors (Lipinski definition) is 1. The number of nitrogens with one attached hydrogen (secondary N) is 1. The highest BCUT2D eigenvalue weighted by molar-refractivity contribution is 9.10. The molecule has 0 bridgehead atoms. The molecule has 0 aliphatic rings. The van der Waals surface area contributed by atoms with Crippen molar-refractivity contribution < 1.29 is 9.53 Å². The normalized spacial score (nSPS) is 11.1. The van der Waals surface area contributed by atoms with Crippen LogP contribution >= 0.6 is 15.9 Å². The van der Waals surface area contributed by atoms with Gasteiger partial charge in [-0.2, -0.15) is 5.26 Å². The first-order valence-electron chi connectivity index (χ1n) is 10.4.